The van der Waals surface area contributed by atoms with Crippen LogP contribution < -0.4 is 14.8 Å². The standard InChI is InChI=1S/C22H23N3O4.C3H6/c1-4-16-6-5-7-17(12-16)25-22-18-13-20(28-10-8-26-2)21(29-11-9-27-3)14-19(18)23-15-24-22;1-3-2/h1,5-7,12-15H,8-11H2,2-3H3,(H,23,24,25);3H,1H2,2H3. The molecule has 1 aromatic heterocycles. The van der Waals surface area contributed by atoms with E-state index >= 15 is 0 Å². The van der Waals surface area contributed by atoms with Gasteiger partial charge in [-0.25, -0.2) is 9.97 Å². The largest absolute Gasteiger partial charge is 0.487 e. The van der Waals surface area contributed by atoms with Crippen LogP contribution in [0.3, 0.4) is 0 Å². The third-order valence-corrected chi connectivity index (χ3v) is 4.08. The summed E-state index contributed by atoms with van der Waals surface area (Å²) in [6.45, 7) is 6.98. The number of rotatable bonds is 10. The topological polar surface area (TPSA) is 74.7 Å². The van der Waals surface area contributed by atoms with E-state index in [1.807, 2.05) is 43.3 Å². The van der Waals surface area contributed by atoms with Crippen LogP contribution in [0.25, 0.3) is 10.9 Å². The quantitative estimate of drug-likeness (QED) is 0.283. The fraction of sp³-hybridized carbons (Fsp3) is 0.280. The van der Waals surface area contributed by atoms with Gasteiger partial charge >= 0.3 is 0 Å². The predicted octanol–water partition coefficient (Wildman–Crippen LogP) is 4.60. The SMILES string of the molecule is C#Cc1cccc(Nc2ncnc3cc(OCCOC)c(OCCOC)cc23)c1.C=CC. The van der Waals surface area contributed by atoms with Gasteiger partial charge < -0.3 is 24.3 Å². The van der Waals surface area contributed by atoms with Gasteiger partial charge in [-0.15, -0.1) is 13.0 Å². The molecule has 7 nitrogen and oxygen atoms in total. The smallest absolute Gasteiger partial charge is 0.163 e. The molecule has 32 heavy (non-hydrogen) atoms. The lowest BCUT2D eigenvalue weighted by Gasteiger charge is -2.15. The Hall–Kier alpha value is -3.60. The van der Waals surface area contributed by atoms with Crippen LogP contribution in [-0.4, -0.2) is 50.6 Å². The first-order valence-corrected chi connectivity index (χ1v) is 10.1. The van der Waals surface area contributed by atoms with Crippen LogP contribution in [0.1, 0.15) is 12.5 Å². The van der Waals surface area contributed by atoms with Gasteiger partial charge in [0.2, 0.25) is 0 Å². The van der Waals surface area contributed by atoms with Crippen LogP contribution in [0, 0.1) is 12.3 Å². The van der Waals surface area contributed by atoms with Crippen molar-refractivity contribution in [2.24, 2.45) is 0 Å². The first kappa shape index (κ1) is 24.7. The summed E-state index contributed by atoms with van der Waals surface area (Å²) >= 11 is 0. The van der Waals surface area contributed by atoms with Gasteiger partial charge in [-0.1, -0.05) is 18.1 Å². The third kappa shape index (κ3) is 7.27. The molecule has 0 fully saturated rings. The molecule has 168 valence electrons. The normalized spacial score (nSPS) is 9.94. The number of hydrogen-bond acceptors (Lipinski definition) is 7. The summed E-state index contributed by atoms with van der Waals surface area (Å²) in [6, 6.07) is 11.3. The molecule has 7 heteroatoms. The zero-order valence-electron chi connectivity index (χ0n) is 18.8. The molecule has 3 aromatic rings. The molecular formula is C25H29N3O4. The molecule has 0 atom stereocenters. The highest BCUT2D eigenvalue weighted by molar-refractivity contribution is 5.93. The number of ether oxygens (including phenoxy) is 4. The number of nitrogens with zero attached hydrogens (tertiary/aromatic N) is 2. The van der Waals surface area contributed by atoms with E-state index in [1.54, 1.807) is 20.3 Å². The Morgan fingerprint density at radius 2 is 1.66 bits per heavy atom. The van der Waals surface area contributed by atoms with Crippen LogP contribution in [0.4, 0.5) is 11.5 Å². The first-order valence-electron chi connectivity index (χ1n) is 10.1. The highest BCUT2D eigenvalue weighted by atomic mass is 16.5. The van der Waals surface area contributed by atoms with Gasteiger partial charge in [0.1, 0.15) is 25.4 Å². The van der Waals surface area contributed by atoms with Crippen LogP contribution in [-0.2, 0) is 9.47 Å². The van der Waals surface area contributed by atoms with Crippen molar-refractivity contribution in [1.82, 2.24) is 9.97 Å². The van der Waals surface area contributed by atoms with Crippen LogP contribution in [0.5, 0.6) is 11.5 Å². The highest BCUT2D eigenvalue weighted by Gasteiger charge is 2.13. The molecule has 1 N–H and O–H groups in total. The molecule has 0 saturated heterocycles. The molecule has 0 aliphatic carbocycles. The van der Waals surface area contributed by atoms with E-state index in [0.717, 1.165) is 22.2 Å². The van der Waals surface area contributed by atoms with Gasteiger partial charge in [0.25, 0.3) is 0 Å². The molecule has 3 rings (SSSR count). The molecule has 0 amide bonds. The minimum absolute atomic E-state index is 0.392. The summed E-state index contributed by atoms with van der Waals surface area (Å²) < 4.78 is 21.8. The van der Waals surface area contributed by atoms with E-state index < -0.39 is 0 Å². The van der Waals surface area contributed by atoms with Gasteiger partial charge in [-0.2, -0.15) is 0 Å². The Morgan fingerprint density at radius 3 is 2.28 bits per heavy atom. The lowest BCUT2D eigenvalue weighted by Crippen LogP contribution is -2.09. The number of nitrogens with one attached hydrogen (secondary N) is 1. The van der Waals surface area contributed by atoms with Crippen molar-refractivity contribution in [2.75, 3.05) is 46.0 Å². The highest BCUT2D eigenvalue weighted by Crippen LogP contribution is 2.35. The number of methoxy groups -OCH3 is 2. The molecule has 0 spiro atoms. The number of hydrogen-bond donors (Lipinski definition) is 1. The van der Waals surface area contributed by atoms with E-state index in [4.69, 9.17) is 25.4 Å². The lowest BCUT2D eigenvalue weighted by molar-refractivity contribution is 0.132. The second-order valence-corrected chi connectivity index (χ2v) is 6.48. The van der Waals surface area contributed by atoms with E-state index in [-0.39, 0.29) is 0 Å². The molecule has 0 saturated carbocycles. The second kappa shape index (κ2) is 13.7. The zero-order chi connectivity index (χ0) is 23.2. The van der Waals surface area contributed by atoms with Crippen molar-refractivity contribution in [2.45, 2.75) is 6.92 Å². The first-order chi connectivity index (χ1) is 15.7. The van der Waals surface area contributed by atoms with Crippen molar-refractivity contribution in [3.63, 3.8) is 0 Å². The van der Waals surface area contributed by atoms with E-state index in [9.17, 15) is 0 Å². The summed E-state index contributed by atoms with van der Waals surface area (Å²) in [6.07, 6.45) is 8.74. The Kier molecular flexibility index (Phi) is 10.5. The van der Waals surface area contributed by atoms with Crippen molar-refractivity contribution in [3.8, 4) is 23.8 Å². The molecule has 2 aromatic carbocycles. The van der Waals surface area contributed by atoms with E-state index in [2.05, 4.69) is 27.8 Å². The average molecular weight is 436 g/mol. The Balaban J connectivity index is 0.00000114. The Labute approximate surface area is 189 Å². The summed E-state index contributed by atoms with van der Waals surface area (Å²) in [4.78, 5) is 8.75. The van der Waals surface area contributed by atoms with Crippen molar-refractivity contribution < 1.29 is 18.9 Å². The van der Waals surface area contributed by atoms with Gasteiger partial charge in [0, 0.05) is 36.9 Å². The van der Waals surface area contributed by atoms with Crippen molar-refractivity contribution in [3.05, 3.63) is 60.9 Å². The summed E-state index contributed by atoms with van der Waals surface area (Å²) in [5, 5.41) is 4.10. The van der Waals surface area contributed by atoms with Crippen LogP contribution in [0.15, 0.2) is 55.4 Å². The fourth-order valence-corrected chi connectivity index (χ4v) is 2.68. The number of anilines is 2. The summed E-state index contributed by atoms with van der Waals surface area (Å²) in [5.74, 6) is 4.44. The Morgan fingerprint density at radius 1 is 1.00 bits per heavy atom. The fourth-order valence-electron chi connectivity index (χ4n) is 2.68. The number of allylic oxidation sites excluding steroid dienone is 1. The minimum atomic E-state index is 0.392. The summed E-state index contributed by atoms with van der Waals surface area (Å²) in [7, 11) is 3.25. The van der Waals surface area contributed by atoms with Crippen molar-refractivity contribution >= 4 is 22.4 Å². The second-order valence-electron chi connectivity index (χ2n) is 6.48. The number of fused-ring (bicyclic) bond motifs is 1. The molecule has 0 radical (unpaired) electrons. The van der Waals surface area contributed by atoms with Crippen molar-refractivity contribution in [1.29, 1.82) is 0 Å². The minimum Gasteiger partial charge on any atom is -0.487 e. The number of aromatic nitrogens is 2. The number of terminal acetylenes is 1. The lowest BCUT2D eigenvalue weighted by atomic mass is 10.2. The maximum absolute atomic E-state index is 5.86. The number of benzene rings is 2. The van der Waals surface area contributed by atoms with Gasteiger partial charge in [0.05, 0.1) is 18.7 Å². The predicted molar refractivity (Wildman–Crippen MR) is 128 cm³/mol. The third-order valence-electron chi connectivity index (χ3n) is 4.08. The van der Waals surface area contributed by atoms with Crippen LogP contribution >= 0.6 is 0 Å². The molecule has 0 aliphatic rings. The Bertz CT molecular complexity index is 1050. The van der Waals surface area contributed by atoms with E-state index in [1.165, 1.54) is 6.33 Å². The molecule has 0 bridgehead atoms. The molecule has 0 aliphatic heterocycles. The maximum Gasteiger partial charge on any atom is 0.163 e. The maximum atomic E-state index is 5.86. The van der Waals surface area contributed by atoms with Crippen LogP contribution in [0.2, 0.25) is 0 Å². The van der Waals surface area contributed by atoms with Gasteiger partial charge in [-0.3, -0.25) is 0 Å². The summed E-state index contributed by atoms with van der Waals surface area (Å²) in [5.41, 5.74) is 2.34. The zero-order valence-corrected chi connectivity index (χ0v) is 18.8. The van der Waals surface area contributed by atoms with Gasteiger partial charge in [0.15, 0.2) is 11.5 Å². The average Bonchev–Trinajstić information content (AvgIpc) is 2.80. The molecular weight excluding hydrogens is 406 g/mol. The van der Waals surface area contributed by atoms with Gasteiger partial charge in [-0.05, 0) is 31.2 Å². The monoisotopic (exact) mass is 435 g/mol. The van der Waals surface area contributed by atoms with E-state index in [0.29, 0.717) is 43.7 Å². The molecule has 1 heterocycles. The molecule has 0 unspecified atom stereocenters.